The van der Waals surface area contributed by atoms with E-state index in [1.807, 2.05) is 115 Å². The molecule has 1 aliphatic rings. The molecule has 0 saturated heterocycles. The molecule has 1 aliphatic heterocycles. The van der Waals surface area contributed by atoms with Crippen molar-refractivity contribution in [1.29, 1.82) is 0 Å². The highest BCUT2D eigenvalue weighted by Crippen LogP contribution is 2.44. The van der Waals surface area contributed by atoms with Crippen LogP contribution in [0.3, 0.4) is 0 Å². The third kappa shape index (κ3) is 7.75. The number of hydrazine groups is 1. The maximum atomic E-state index is 14.8. The first-order valence-corrected chi connectivity index (χ1v) is 17.5. The lowest BCUT2D eigenvalue weighted by atomic mass is 9.81. The van der Waals surface area contributed by atoms with E-state index in [1.54, 1.807) is 12.1 Å². The number of azide groups is 1. The zero-order valence-corrected chi connectivity index (χ0v) is 28.9. The second kappa shape index (κ2) is 16.3. The SMILES string of the molecule is [N-]=[N+]=Nc1ccccc1C[C@]1(C(=O)NNCc2cccc3ccccc23)N=C(c2ccc(OCCCO)cc2)O[C@H]1c1ccc(-c2ccccc2)cc1. The molecule has 2 atom stereocenters. The number of nitrogens with one attached hydrogen (secondary N) is 2. The Morgan fingerprint density at radius 2 is 1.49 bits per heavy atom. The van der Waals surface area contributed by atoms with Crippen molar-refractivity contribution in [1.82, 2.24) is 10.9 Å². The van der Waals surface area contributed by atoms with Gasteiger partial charge in [0, 0.05) is 42.2 Å². The molecule has 3 N–H and O–H groups in total. The van der Waals surface area contributed by atoms with Crippen LogP contribution in [0.1, 0.15) is 34.8 Å². The van der Waals surface area contributed by atoms with Crippen molar-refractivity contribution in [2.45, 2.75) is 31.0 Å². The number of benzene rings is 6. The largest absolute Gasteiger partial charge is 0.494 e. The number of carbonyl (C=O) groups excluding carboxylic acids is 1. The first-order chi connectivity index (χ1) is 26.1. The average Bonchev–Trinajstić information content (AvgIpc) is 3.60. The number of ether oxygens (including phenoxy) is 2. The number of aliphatic hydroxyl groups excluding tert-OH is 1. The molecule has 0 saturated carbocycles. The van der Waals surface area contributed by atoms with Gasteiger partial charge in [-0.25, -0.2) is 10.4 Å². The Morgan fingerprint density at radius 1 is 0.811 bits per heavy atom. The molecule has 1 heterocycles. The molecule has 0 fully saturated rings. The molecule has 10 heteroatoms. The van der Waals surface area contributed by atoms with Crippen LogP contribution in [0.2, 0.25) is 0 Å². The van der Waals surface area contributed by atoms with Gasteiger partial charge in [-0.3, -0.25) is 10.2 Å². The van der Waals surface area contributed by atoms with Crippen LogP contribution in [0, 0.1) is 0 Å². The second-order valence-corrected chi connectivity index (χ2v) is 12.7. The molecule has 6 aromatic rings. The van der Waals surface area contributed by atoms with Gasteiger partial charge in [0.1, 0.15) is 5.75 Å². The fourth-order valence-corrected chi connectivity index (χ4v) is 6.63. The normalized spacial score (nSPS) is 16.3. The average molecular weight is 703 g/mol. The summed E-state index contributed by atoms with van der Waals surface area (Å²) >= 11 is 0. The number of aliphatic hydroxyl groups is 1. The van der Waals surface area contributed by atoms with E-state index < -0.39 is 17.6 Å². The van der Waals surface area contributed by atoms with Gasteiger partial charge in [0.25, 0.3) is 5.91 Å². The zero-order chi connectivity index (χ0) is 36.5. The smallest absolute Gasteiger partial charge is 0.266 e. The zero-order valence-electron chi connectivity index (χ0n) is 28.9. The van der Waals surface area contributed by atoms with Crippen molar-refractivity contribution in [2.24, 2.45) is 10.1 Å². The maximum absolute atomic E-state index is 14.8. The molecule has 0 aliphatic carbocycles. The molecule has 0 radical (unpaired) electrons. The monoisotopic (exact) mass is 702 g/mol. The topological polar surface area (TPSA) is 141 Å². The number of amides is 1. The van der Waals surface area contributed by atoms with Crippen LogP contribution in [0.4, 0.5) is 5.69 Å². The molecule has 0 unspecified atom stereocenters. The predicted molar refractivity (Wildman–Crippen MR) is 206 cm³/mol. The number of aliphatic imine (C=N–C) groups is 1. The van der Waals surface area contributed by atoms with Gasteiger partial charge in [0.05, 0.1) is 6.61 Å². The second-order valence-electron chi connectivity index (χ2n) is 12.7. The van der Waals surface area contributed by atoms with E-state index in [0.717, 1.165) is 33.0 Å². The summed E-state index contributed by atoms with van der Waals surface area (Å²) in [6.07, 6.45) is -0.270. The molecule has 10 nitrogen and oxygen atoms in total. The van der Waals surface area contributed by atoms with Crippen molar-refractivity contribution < 1.29 is 19.4 Å². The van der Waals surface area contributed by atoms with Crippen molar-refractivity contribution >= 4 is 28.3 Å². The number of rotatable bonds is 14. The van der Waals surface area contributed by atoms with Gasteiger partial charge in [0.15, 0.2) is 11.6 Å². The van der Waals surface area contributed by atoms with E-state index in [9.17, 15) is 10.3 Å². The molecule has 6 aromatic carbocycles. The molecule has 0 bridgehead atoms. The van der Waals surface area contributed by atoms with Crippen LogP contribution in [-0.4, -0.2) is 35.7 Å². The molecular weight excluding hydrogens is 665 g/mol. The Balaban J connectivity index is 1.28. The highest BCUT2D eigenvalue weighted by atomic mass is 16.5. The third-order valence-electron chi connectivity index (χ3n) is 9.32. The summed E-state index contributed by atoms with van der Waals surface area (Å²) in [5.74, 6) is 0.512. The summed E-state index contributed by atoms with van der Waals surface area (Å²) in [6, 6.07) is 46.7. The number of carbonyl (C=O) groups is 1. The van der Waals surface area contributed by atoms with Crippen molar-refractivity contribution in [3.8, 4) is 16.9 Å². The predicted octanol–water partition coefficient (Wildman–Crippen LogP) is 8.53. The fourth-order valence-electron chi connectivity index (χ4n) is 6.63. The summed E-state index contributed by atoms with van der Waals surface area (Å²) < 4.78 is 12.5. The Bertz CT molecular complexity index is 2270. The van der Waals surface area contributed by atoms with E-state index in [1.165, 1.54) is 0 Å². The van der Waals surface area contributed by atoms with Crippen molar-refractivity contribution in [3.05, 3.63) is 178 Å². The Hall–Kier alpha value is -6.45. The van der Waals surface area contributed by atoms with Gasteiger partial charge in [-0.1, -0.05) is 126 Å². The third-order valence-corrected chi connectivity index (χ3v) is 9.32. The number of fused-ring (bicyclic) bond motifs is 1. The molecular formula is C43H38N6O4. The first kappa shape index (κ1) is 35.0. The lowest BCUT2D eigenvalue weighted by molar-refractivity contribution is -0.130. The standard InChI is InChI=1S/C43H38N6O4/c44-49-47-39-17-7-5-13-35(39)28-43(42(51)48-45-29-36-15-8-14-32-12-4-6-16-38(32)36)40(33-20-18-31(19-21-33)30-10-2-1-3-11-30)53-41(46-43)34-22-24-37(25-23-34)52-27-9-26-50/h1-8,10-25,40,45,50H,9,26-29H2,(H,48,51)/t40-,43-/m0/s1. The lowest BCUT2D eigenvalue weighted by Gasteiger charge is -2.31. The van der Waals surface area contributed by atoms with Crippen molar-refractivity contribution in [2.75, 3.05) is 13.2 Å². The van der Waals surface area contributed by atoms with E-state index in [2.05, 4.69) is 39.1 Å². The quantitative estimate of drug-likeness (QED) is 0.0343. The van der Waals surface area contributed by atoms with Crippen LogP contribution in [-0.2, 0) is 22.5 Å². The van der Waals surface area contributed by atoms with E-state index in [-0.39, 0.29) is 18.9 Å². The molecule has 264 valence electrons. The lowest BCUT2D eigenvalue weighted by Crippen LogP contribution is -2.53. The Kier molecular flexibility index (Phi) is 10.7. The molecule has 1 amide bonds. The molecule has 0 aromatic heterocycles. The molecule has 0 spiro atoms. The highest BCUT2D eigenvalue weighted by Gasteiger charge is 2.53. The summed E-state index contributed by atoms with van der Waals surface area (Å²) in [5, 5.41) is 15.3. The van der Waals surface area contributed by atoms with E-state index >= 15 is 0 Å². The highest BCUT2D eigenvalue weighted by molar-refractivity contribution is 6.01. The van der Waals surface area contributed by atoms with Gasteiger partial charge in [0.2, 0.25) is 5.90 Å². The van der Waals surface area contributed by atoms with E-state index in [0.29, 0.717) is 42.1 Å². The number of nitrogens with zero attached hydrogens (tertiary/aromatic N) is 4. The van der Waals surface area contributed by atoms with Crippen LogP contribution in [0.25, 0.3) is 32.3 Å². The summed E-state index contributed by atoms with van der Waals surface area (Å²) in [6.45, 7) is 0.790. The van der Waals surface area contributed by atoms with Gasteiger partial charge < -0.3 is 14.6 Å². The van der Waals surface area contributed by atoms with Crippen LogP contribution < -0.4 is 15.6 Å². The summed E-state index contributed by atoms with van der Waals surface area (Å²) in [5.41, 5.74) is 19.6. The minimum atomic E-state index is -1.53. The molecule has 53 heavy (non-hydrogen) atoms. The van der Waals surface area contributed by atoms with E-state index in [4.69, 9.17) is 19.6 Å². The Morgan fingerprint density at radius 3 is 2.28 bits per heavy atom. The fraction of sp³-hybridized carbons (Fsp3) is 0.163. The van der Waals surface area contributed by atoms with Crippen LogP contribution in [0.15, 0.2) is 156 Å². The van der Waals surface area contributed by atoms with Crippen LogP contribution in [0.5, 0.6) is 5.75 Å². The Labute approximate surface area is 307 Å². The van der Waals surface area contributed by atoms with Gasteiger partial charge in [-0.2, -0.15) is 0 Å². The van der Waals surface area contributed by atoms with Crippen LogP contribution >= 0.6 is 0 Å². The molecule has 7 rings (SSSR count). The maximum Gasteiger partial charge on any atom is 0.266 e. The first-order valence-electron chi connectivity index (χ1n) is 17.5. The number of hydrogen-bond acceptors (Lipinski definition) is 7. The van der Waals surface area contributed by atoms with Gasteiger partial charge in [-0.05, 0) is 68.4 Å². The van der Waals surface area contributed by atoms with Gasteiger partial charge >= 0.3 is 0 Å². The van der Waals surface area contributed by atoms with Crippen molar-refractivity contribution in [3.63, 3.8) is 0 Å². The minimum absolute atomic E-state index is 0.0419. The van der Waals surface area contributed by atoms with Gasteiger partial charge in [-0.15, -0.1) is 0 Å². The minimum Gasteiger partial charge on any atom is -0.494 e. The summed E-state index contributed by atoms with van der Waals surface area (Å²) in [4.78, 5) is 23.0. The number of hydrogen-bond donors (Lipinski definition) is 3. The summed E-state index contributed by atoms with van der Waals surface area (Å²) in [7, 11) is 0.